The minimum atomic E-state index is -0.645. The zero-order valence-corrected chi connectivity index (χ0v) is 12.1. The molecule has 1 unspecified atom stereocenters. The lowest BCUT2D eigenvalue weighted by Gasteiger charge is -2.30. The Kier molecular flexibility index (Phi) is 6.09. The maximum Gasteiger partial charge on any atom is 0.326 e. The molecule has 0 aromatic carbocycles. The molecular weight excluding hydrogens is 230 g/mol. The van der Waals surface area contributed by atoms with Gasteiger partial charge in [0.05, 0.1) is 6.61 Å². The second-order valence-electron chi connectivity index (χ2n) is 5.62. The van der Waals surface area contributed by atoms with Crippen molar-refractivity contribution in [3.63, 3.8) is 0 Å². The van der Waals surface area contributed by atoms with Crippen LogP contribution < -0.4 is 5.32 Å². The molecule has 0 amide bonds. The molecule has 1 fully saturated rings. The van der Waals surface area contributed by atoms with Crippen LogP contribution in [-0.4, -0.2) is 37.4 Å². The molecule has 1 saturated carbocycles. The third-order valence-electron chi connectivity index (χ3n) is 3.13. The molecule has 106 valence electrons. The number of carbonyl (C=O) groups is 1. The Morgan fingerprint density at radius 1 is 1.44 bits per heavy atom. The van der Waals surface area contributed by atoms with Crippen molar-refractivity contribution in [3.8, 4) is 0 Å². The second kappa shape index (κ2) is 7.10. The van der Waals surface area contributed by atoms with Gasteiger partial charge in [0, 0.05) is 19.3 Å². The van der Waals surface area contributed by atoms with E-state index >= 15 is 0 Å². The topological polar surface area (TPSA) is 47.6 Å². The van der Waals surface area contributed by atoms with Gasteiger partial charge in [-0.3, -0.25) is 10.1 Å². The molecular formula is C14H27NO3. The monoisotopic (exact) mass is 257 g/mol. The third kappa shape index (κ3) is 5.36. The van der Waals surface area contributed by atoms with E-state index in [0.29, 0.717) is 19.6 Å². The number of carbonyl (C=O) groups excluding carboxylic acids is 1. The lowest BCUT2D eigenvalue weighted by atomic mass is 9.97. The standard InChI is InChI=1S/C14H27NO3/c1-5-18-13(16)14(4,15-11(2)3)8-9-17-10-12-6-7-12/h11-12,15H,5-10H2,1-4H3. The Morgan fingerprint density at radius 3 is 2.61 bits per heavy atom. The molecule has 4 nitrogen and oxygen atoms in total. The van der Waals surface area contributed by atoms with Crippen LogP contribution in [0, 0.1) is 5.92 Å². The predicted molar refractivity (Wildman–Crippen MR) is 71.5 cm³/mol. The van der Waals surface area contributed by atoms with Crippen LogP contribution in [0.2, 0.25) is 0 Å². The number of nitrogens with one attached hydrogen (secondary N) is 1. The first-order chi connectivity index (χ1) is 8.48. The number of hydrogen-bond donors (Lipinski definition) is 1. The van der Waals surface area contributed by atoms with Gasteiger partial charge in [0.15, 0.2) is 0 Å². The lowest BCUT2D eigenvalue weighted by Crippen LogP contribution is -2.53. The highest BCUT2D eigenvalue weighted by atomic mass is 16.5. The fraction of sp³-hybridized carbons (Fsp3) is 0.929. The molecule has 18 heavy (non-hydrogen) atoms. The average Bonchev–Trinajstić information content (AvgIpc) is 3.07. The minimum absolute atomic E-state index is 0.186. The number of rotatable bonds is 9. The maximum atomic E-state index is 12.0. The summed E-state index contributed by atoms with van der Waals surface area (Å²) in [6.07, 6.45) is 3.23. The van der Waals surface area contributed by atoms with Crippen LogP contribution >= 0.6 is 0 Å². The van der Waals surface area contributed by atoms with E-state index < -0.39 is 5.54 Å². The lowest BCUT2D eigenvalue weighted by molar-refractivity contribution is -0.151. The molecule has 0 aromatic rings. The van der Waals surface area contributed by atoms with Crippen LogP contribution in [0.5, 0.6) is 0 Å². The van der Waals surface area contributed by atoms with Gasteiger partial charge in [-0.25, -0.2) is 0 Å². The number of esters is 1. The summed E-state index contributed by atoms with van der Waals surface area (Å²) < 4.78 is 10.8. The highest BCUT2D eigenvalue weighted by Crippen LogP contribution is 2.29. The summed E-state index contributed by atoms with van der Waals surface area (Å²) in [5.74, 6) is 0.575. The van der Waals surface area contributed by atoms with E-state index in [2.05, 4.69) is 5.32 Å². The van der Waals surface area contributed by atoms with Crippen molar-refractivity contribution in [3.05, 3.63) is 0 Å². The van der Waals surface area contributed by atoms with Crippen molar-refractivity contribution < 1.29 is 14.3 Å². The molecule has 4 heteroatoms. The first-order valence-electron chi connectivity index (χ1n) is 7.00. The van der Waals surface area contributed by atoms with E-state index in [1.54, 1.807) is 0 Å². The maximum absolute atomic E-state index is 12.0. The Bertz CT molecular complexity index is 264. The van der Waals surface area contributed by atoms with Crippen molar-refractivity contribution in [2.45, 2.75) is 58.5 Å². The van der Waals surface area contributed by atoms with E-state index in [-0.39, 0.29) is 12.0 Å². The molecule has 0 aromatic heterocycles. The molecule has 0 heterocycles. The number of ether oxygens (including phenoxy) is 2. The zero-order valence-electron chi connectivity index (χ0n) is 12.1. The largest absolute Gasteiger partial charge is 0.465 e. The average molecular weight is 257 g/mol. The van der Waals surface area contributed by atoms with Crippen LogP contribution in [0.25, 0.3) is 0 Å². The van der Waals surface area contributed by atoms with Crippen molar-refractivity contribution in [2.24, 2.45) is 5.92 Å². The van der Waals surface area contributed by atoms with Crippen LogP contribution in [0.15, 0.2) is 0 Å². The van der Waals surface area contributed by atoms with Gasteiger partial charge in [-0.15, -0.1) is 0 Å². The fourth-order valence-electron chi connectivity index (χ4n) is 1.97. The highest BCUT2D eigenvalue weighted by molar-refractivity contribution is 5.80. The quantitative estimate of drug-likeness (QED) is 0.508. The van der Waals surface area contributed by atoms with Gasteiger partial charge in [-0.1, -0.05) is 0 Å². The van der Waals surface area contributed by atoms with Crippen molar-refractivity contribution in [2.75, 3.05) is 19.8 Å². The van der Waals surface area contributed by atoms with Crippen LogP contribution in [-0.2, 0) is 14.3 Å². The minimum Gasteiger partial charge on any atom is -0.465 e. The first kappa shape index (κ1) is 15.4. The van der Waals surface area contributed by atoms with Gasteiger partial charge in [-0.2, -0.15) is 0 Å². The first-order valence-corrected chi connectivity index (χ1v) is 7.00. The van der Waals surface area contributed by atoms with E-state index in [1.165, 1.54) is 12.8 Å². The van der Waals surface area contributed by atoms with Crippen LogP contribution in [0.4, 0.5) is 0 Å². The van der Waals surface area contributed by atoms with E-state index in [4.69, 9.17) is 9.47 Å². The van der Waals surface area contributed by atoms with Gasteiger partial charge in [0.25, 0.3) is 0 Å². The molecule has 1 N–H and O–H groups in total. The Balaban J connectivity index is 2.38. The Labute approximate surface area is 110 Å². The summed E-state index contributed by atoms with van der Waals surface area (Å²) in [7, 11) is 0. The van der Waals surface area contributed by atoms with Crippen molar-refractivity contribution in [1.82, 2.24) is 5.32 Å². The van der Waals surface area contributed by atoms with Gasteiger partial charge in [-0.05, 0) is 52.9 Å². The fourth-order valence-corrected chi connectivity index (χ4v) is 1.97. The smallest absolute Gasteiger partial charge is 0.326 e. The van der Waals surface area contributed by atoms with E-state index in [1.807, 2.05) is 27.7 Å². The molecule has 0 aliphatic heterocycles. The molecule has 1 aliphatic carbocycles. The molecule has 0 bridgehead atoms. The van der Waals surface area contributed by atoms with Crippen molar-refractivity contribution >= 4 is 5.97 Å². The SMILES string of the molecule is CCOC(=O)C(C)(CCOCC1CC1)NC(C)C. The molecule has 1 atom stereocenters. The summed E-state index contributed by atoms with van der Waals surface area (Å²) in [5.41, 5.74) is -0.645. The van der Waals surface area contributed by atoms with Gasteiger partial charge >= 0.3 is 5.97 Å². The third-order valence-corrected chi connectivity index (χ3v) is 3.13. The Hall–Kier alpha value is -0.610. The summed E-state index contributed by atoms with van der Waals surface area (Å²) in [5, 5.41) is 3.29. The van der Waals surface area contributed by atoms with Crippen LogP contribution in [0.3, 0.4) is 0 Å². The molecule has 1 rings (SSSR count). The molecule has 0 radical (unpaired) electrons. The van der Waals surface area contributed by atoms with E-state index in [0.717, 1.165) is 12.5 Å². The number of hydrogen-bond acceptors (Lipinski definition) is 4. The van der Waals surface area contributed by atoms with Crippen molar-refractivity contribution in [1.29, 1.82) is 0 Å². The normalized spacial score (nSPS) is 18.7. The molecule has 0 spiro atoms. The summed E-state index contributed by atoms with van der Waals surface area (Å²) in [4.78, 5) is 12.0. The molecule has 0 saturated heterocycles. The summed E-state index contributed by atoms with van der Waals surface area (Å²) in [6.45, 7) is 9.64. The predicted octanol–water partition coefficient (Wildman–Crippen LogP) is 2.12. The van der Waals surface area contributed by atoms with E-state index in [9.17, 15) is 4.79 Å². The summed E-state index contributed by atoms with van der Waals surface area (Å²) >= 11 is 0. The molecule has 1 aliphatic rings. The zero-order chi connectivity index (χ0) is 13.6. The van der Waals surface area contributed by atoms with Gasteiger partial charge < -0.3 is 9.47 Å². The highest BCUT2D eigenvalue weighted by Gasteiger charge is 2.35. The van der Waals surface area contributed by atoms with Gasteiger partial charge in [0.1, 0.15) is 5.54 Å². The summed E-state index contributed by atoms with van der Waals surface area (Å²) in [6, 6.07) is 0.239. The Morgan fingerprint density at radius 2 is 2.11 bits per heavy atom. The van der Waals surface area contributed by atoms with Gasteiger partial charge in [0.2, 0.25) is 0 Å². The van der Waals surface area contributed by atoms with Crippen LogP contribution in [0.1, 0.15) is 47.0 Å². The second-order valence-corrected chi connectivity index (χ2v) is 5.62.